The number of nitrogens with two attached hydrogens (primary N) is 1. The molecule has 0 saturated carbocycles. The van der Waals surface area contributed by atoms with E-state index >= 15 is 0 Å². The first kappa shape index (κ1) is 14.4. The molecular formula is C12H18N4OS. The van der Waals surface area contributed by atoms with Crippen LogP contribution in [0.5, 0.6) is 0 Å². The summed E-state index contributed by atoms with van der Waals surface area (Å²) >= 11 is 4.85. The number of carbonyl (C=O) groups is 1. The van der Waals surface area contributed by atoms with Gasteiger partial charge in [-0.25, -0.2) is 0 Å². The minimum Gasteiger partial charge on any atom is -0.388 e. The van der Waals surface area contributed by atoms with Crippen LogP contribution in [-0.4, -0.2) is 28.5 Å². The molecule has 1 heterocycles. The Bertz CT molecular complexity index is 436. The van der Waals surface area contributed by atoms with Crippen LogP contribution in [-0.2, 0) is 4.79 Å². The van der Waals surface area contributed by atoms with Gasteiger partial charge in [-0.3, -0.25) is 9.78 Å². The topological polar surface area (TPSA) is 80.0 Å². The molecule has 6 heteroatoms. The Morgan fingerprint density at radius 3 is 2.94 bits per heavy atom. The number of amides is 1. The summed E-state index contributed by atoms with van der Waals surface area (Å²) in [5, 5.41) is 5.90. The Kier molecular flexibility index (Phi) is 5.51. The highest BCUT2D eigenvalue weighted by molar-refractivity contribution is 7.80. The van der Waals surface area contributed by atoms with E-state index in [1.54, 1.807) is 25.3 Å². The zero-order valence-corrected chi connectivity index (χ0v) is 11.4. The summed E-state index contributed by atoms with van der Waals surface area (Å²) in [4.78, 5) is 16.0. The van der Waals surface area contributed by atoms with Gasteiger partial charge < -0.3 is 16.4 Å². The monoisotopic (exact) mass is 266 g/mol. The first-order chi connectivity index (χ1) is 8.54. The molecule has 0 aliphatic rings. The van der Waals surface area contributed by atoms with E-state index in [1.807, 2.05) is 6.92 Å². The SMILES string of the molecule is CCCNC(=O)C(C)Nc1ccnc(C(N)=S)c1. The lowest BCUT2D eigenvalue weighted by atomic mass is 10.2. The molecule has 0 saturated heterocycles. The van der Waals surface area contributed by atoms with Gasteiger partial charge >= 0.3 is 0 Å². The molecule has 98 valence electrons. The molecular weight excluding hydrogens is 248 g/mol. The van der Waals surface area contributed by atoms with Crippen LogP contribution in [0.1, 0.15) is 26.0 Å². The van der Waals surface area contributed by atoms with Crippen molar-refractivity contribution in [3.63, 3.8) is 0 Å². The number of thiocarbonyl (C=S) groups is 1. The summed E-state index contributed by atoms with van der Waals surface area (Å²) in [6.07, 6.45) is 2.52. The van der Waals surface area contributed by atoms with Gasteiger partial charge in [0.1, 0.15) is 11.0 Å². The molecule has 1 unspecified atom stereocenters. The molecule has 0 bridgehead atoms. The van der Waals surface area contributed by atoms with Crippen molar-refractivity contribution in [1.29, 1.82) is 0 Å². The van der Waals surface area contributed by atoms with Crippen LogP contribution in [0.3, 0.4) is 0 Å². The van der Waals surface area contributed by atoms with Gasteiger partial charge in [0.25, 0.3) is 0 Å². The van der Waals surface area contributed by atoms with E-state index in [1.165, 1.54) is 0 Å². The number of hydrogen-bond donors (Lipinski definition) is 3. The second kappa shape index (κ2) is 6.90. The standard InChI is InChI=1S/C12H18N4OS/c1-3-5-15-12(17)8(2)16-9-4-6-14-10(7-9)11(13)18/h4,6-8H,3,5H2,1-2H3,(H2,13,18)(H,14,16)(H,15,17). The average molecular weight is 266 g/mol. The molecule has 0 aromatic carbocycles. The number of carbonyl (C=O) groups excluding carboxylic acids is 1. The molecule has 0 radical (unpaired) electrons. The lowest BCUT2D eigenvalue weighted by molar-refractivity contribution is -0.121. The van der Waals surface area contributed by atoms with Gasteiger partial charge in [0.05, 0.1) is 5.69 Å². The summed E-state index contributed by atoms with van der Waals surface area (Å²) in [7, 11) is 0. The maximum absolute atomic E-state index is 11.7. The van der Waals surface area contributed by atoms with Crippen molar-refractivity contribution in [2.75, 3.05) is 11.9 Å². The molecule has 5 nitrogen and oxygen atoms in total. The molecule has 1 atom stereocenters. The number of aromatic nitrogens is 1. The largest absolute Gasteiger partial charge is 0.388 e. The maximum Gasteiger partial charge on any atom is 0.242 e. The molecule has 1 rings (SSSR count). The molecule has 4 N–H and O–H groups in total. The third-order valence-corrected chi connectivity index (χ3v) is 2.55. The van der Waals surface area contributed by atoms with Gasteiger partial charge in [-0.2, -0.15) is 0 Å². The zero-order chi connectivity index (χ0) is 13.5. The number of anilines is 1. The van der Waals surface area contributed by atoms with Crippen LogP contribution in [0, 0.1) is 0 Å². The van der Waals surface area contributed by atoms with Crippen molar-refractivity contribution in [3.05, 3.63) is 24.0 Å². The fourth-order valence-corrected chi connectivity index (χ4v) is 1.48. The smallest absolute Gasteiger partial charge is 0.242 e. The van der Waals surface area contributed by atoms with Crippen LogP contribution in [0.25, 0.3) is 0 Å². The summed E-state index contributed by atoms with van der Waals surface area (Å²) in [5.74, 6) is -0.0365. The summed E-state index contributed by atoms with van der Waals surface area (Å²) in [6, 6.07) is 3.18. The third kappa shape index (κ3) is 4.29. The minimum atomic E-state index is -0.321. The first-order valence-electron chi connectivity index (χ1n) is 5.84. The minimum absolute atomic E-state index is 0.0365. The maximum atomic E-state index is 11.7. The van der Waals surface area contributed by atoms with E-state index in [9.17, 15) is 4.79 Å². The van der Waals surface area contributed by atoms with Gasteiger partial charge in [-0.1, -0.05) is 19.1 Å². The number of hydrogen-bond acceptors (Lipinski definition) is 4. The van der Waals surface area contributed by atoms with Crippen molar-refractivity contribution in [1.82, 2.24) is 10.3 Å². The fraction of sp³-hybridized carbons (Fsp3) is 0.417. The third-order valence-electron chi connectivity index (χ3n) is 2.34. The predicted molar refractivity (Wildman–Crippen MR) is 76.5 cm³/mol. The van der Waals surface area contributed by atoms with Crippen molar-refractivity contribution in [2.24, 2.45) is 5.73 Å². The number of rotatable bonds is 6. The highest BCUT2D eigenvalue weighted by Crippen LogP contribution is 2.09. The Morgan fingerprint density at radius 1 is 1.61 bits per heavy atom. The second-order valence-electron chi connectivity index (χ2n) is 3.95. The Balaban J connectivity index is 2.63. The zero-order valence-electron chi connectivity index (χ0n) is 10.6. The Morgan fingerprint density at radius 2 is 2.33 bits per heavy atom. The van der Waals surface area contributed by atoms with E-state index in [-0.39, 0.29) is 16.9 Å². The molecule has 0 aliphatic heterocycles. The number of nitrogens with zero attached hydrogens (tertiary/aromatic N) is 1. The molecule has 0 fully saturated rings. The van der Waals surface area contributed by atoms with Crippen LogP contribution >= 0.6 is 12.2 Å². The van der Waals surface area contributed by atoms with Crippen LogP contribution in [0.15, 0.2) is 18.3 Å². The molecule has 1 amide bonds. The highest BCUT2D eigenvalue weighted by Gasteiger charge is 2.11. The van der Waals surface area contributed by atoms with Gasteiger partial charge in [-0.15, -0.1) is 0 Å². The Hall–Kier alpha value is -1.69. The quantitative estimate of drug-likeness (QED) is 0.670. The second-order valence-corrected chi connectivity index (χ2v) is 4.39. The predicted octanol–water partition coefficient (Wildman–Crippen LogP) is 1.04. The number of pyridine rings is 1. The molecule has 0 aliphatic carbocycles. The Labute approximate surface area is 112 Å². The normalized spacial score (nSPS) is 11.7. The fourth-order valence-electron chi connectivity index (χ4n) is 1.37. The average Bonchev–Trinajstić information content (AvgIpc) is 2.36. The van der Waals surface area contributed by atoms with E-state index in [0.717, 1.165) is 12.1 Å². The van der Waals surface area contributed by atoms with Gasteiger partial charge in [-0.05, 0) is 25.5 Å². The van der Waals surface area contributed by atoms with Crippen LogP contribution < -0.4 is 16.4 Å². The van der Waals surface area contributed by atoms with E-state index in [2.05, 4.69) is 15.6 Å². The van der Waals surface area contributed by atoms with Gasteiger partial charge in [0.2, 0.25) is 5.91 Å². The highest BCUT2D eigenvalue weighted by atomic mass is 32.1. The molecule has 18 heavy (non-hydrogen) atoms. The first-order valence-corrected chi connectivity index (χ1v) is 6.25. The summed E-state index contributed by atoms with van der Waals surface area (Å²) < 4.78 is 0. The van der Waals surface area contributed by atoms with Crippen LogP contribution in [0.4, 0.5) is 5.69 Å². The van der Waals surface area contributed by atoms with E-state index < -0.39 is 0 Å². The summed E-state index contributed by atoms with van der Waals surface area (Å²) in [5.41, 5.74) is 6.81. The van der Waals surface area contributed by atoms with E-state index in [4.69, 9.17) is 18.0 Å². The van der Waals surface area contributed by atoms with Gasteiger partial charge in [0, 0.05) is 18.4 Å². The molecule has 1 aromatic heterocycles. The van der Waals surface area contributed by atoms with Crippen molar-refractivity contribution < 1.29 is 4.79 Å². The van der Waals surface area contributed by atoms with Crippen molar-refractivity contribution >= 4 is 28.8 Å². The van der Waals surface area contributed by atoms with Gasteiger partial charge in [0.15, 0.2) is 0 Å². The van der Waals surface area contributed by atoms with E-state index in [0.29, 0.717) is 12.2 Å². The summed E-state index contributed by atoms with van der Waals surface area (Å²) in [6.45, 7) is 4.49. The van der Waals surface area contributed by atoms with Crippen LogP contribution in [0.2, 0.25) is 0 Å². The lowest BCUT2D eigenvalue weighted by Gasteiger charge is -2.15. The molecule has 0 spiro atoms. The number of nitrogens with one attached hydrogen (secondary N) is 2. The van der Waals surface area contributed by atoms with Crippen molar-refractivity contribution in [3.8, 4) is 0 Å². The lowest BCUT2D eigenvalue weighted by Crippen LogP contribution is -2.37. The van der Waals surface area contributed by atoms with Crippen molar-refractivity contribution in [2.45, 2.75) is 26.3 Å². The molecule has 1 aromatic rings.